The number of halogens is 2. The van der Waals surface area contributed by atoms with Crippen molar-refractivity contribution in [2.75, 3.05) is 13.1 Å². The Bertz CT molecular complexity index is 1060. The average molecular weight is 378 g/mol. The number of amides is 1. The highest BCUT2D eigenvalue weighted by Gasteiger charge is 2.19. The molecular formula is C23H20F2N2O. The predicted molar refractivity (Wildman–Crippen MR) is 106 cm³/mol. The number of rotatable bonds is 4. The summed E-state index contributed by atoms with van der Waals surface area (Å²) >= 11 is 0. The van der Waals surface area contributed by atoms with E-state index < -0.39 is 0 Å². The van der Waals surface area contributed by atoms with E-state index in [-0.39, 0.29) is 17.5 Å². The van der Waals surface area contributed by atoms with Gasteiger partial charge in [0.15, 0.2) is 0 Å². The summed E-state index contributed by atoms with van der Waals surface area (Å²) in [6, 6.07) is 13.5. The lowest BCUT2D eigenvalue weighted by Crippen LogP contribution is -2.34. The van der Waals surface area contributed by atoms with Crippen LogP contribution in [0.1, 0.15) is 24.1 Å². The van der Waals surface area contributed by atoms with Crippen molar-refractivity contribution >= 4 is 22.3 Å². The molecule has 28 heavy (non-hydrogen) atoms. The molecule has 0 N–H and O–H groups in total. The largest absolute Gasteiger partial charge is 0.339 e. The minimum absolute atomic E-state index is 0.0463. The van der Waals surface area contributed by atoms with E-state index >= 15 is 0 Å². The minimum Gasteiger partial charge on any atom is -0.339 e. The molecule has 0 saturated carbocycles. The van der Waals surface area contributed by atoms with Gasteiger partial charge < -0.3 is 4.90 Å². The third kappa shape index (κ3) is 3.79. The summed E-state index contributed by atoms with van der Waals surface area (Å²) < 4.78 is 27.6. The molecule has 2 aromatic carbocycles. The van der Waals surface area contributed by atoms with Gasteiger partial charge in [-0.25, -0.2) is 8.78 Å². The van der Waals surface area contributed by atoms with E-state index in [1.54, 1.807) is 23.1 Å². The molecule has 0 saturated heterocycles. The Morgan fingerprint density at radius 2 is 1.89 bits per heavy atom. The molecule has 1 aliphatic heterocycles. The van der Waals surface area contributed by atoms with E-state index in [0.717, 1.165) is 16.7 Å². The number of nitrogens with zero attached hydrogens (tertiary/aromatic N) is 2. The van der Waals surface area contributed by atoms with Crippen LogP contribution in [0.25, 0.3) is 16.3 Å². The minimum atomic E-state index is -0.293. The van der Waals surface area contributed by atoms with Crippen LogP contribution in [-0.2, 0) is 11.2 Å². The Balaban J connectivity index is 1.38. The lowest BCUT2D eigenvalue weighted by atomic mass is 9.98. The Morgan fingerprint density at radius 3 is 2.68 bits per heavy atom. The molecule has 1 aromatic heterocycles. The van der Waals surface area contributed by atoms with Gasteiger partial charge in [-0.3, -0.25) is 9.78 Å². The van der Waals surface area contributed by atoms with E-state index in [4.69, 9.17) is 0 Å². The first-order chi connectivity index (χ1) is 13.6. The lowest BCUT2D eigenvalue weighted by Gasteiger charge is -2.27. The van der Waals surface area contributed by atoms with Crippen LogP contribution in [0.5, 0.6) is 0 Å². The van der Waals surface area contributed by atoms with Gasteiger partial charge in [-0.15, -0.1) is 0 Å². The lowest BCUT2D eigenvalue weighted by molar-refractivity contribution is -0.130. The molecule has 0 spiro atoms. The standard InChI is InChI=1S/C23H20F2N2O/c24-21-6-2-1-5-19(21)16-10-12-27(13-11-16)23(28)9-8-18-14-17-4-3-7-22(25)20(17)15-26-18/h1-7,10,14-15H,8-9,11-13H2. The first-order valence-corrected chi connectivity index (χ1v) is 9.36. The Labute approximate surface area is 162 Å². The molecular weight excluding hydrogens is 358 g/mol. The molecule has 0 unspecified atom stereocenters. The van der Waals surface area contributed by atoms with Crippen molar-refractivity contribution in [3.63, 3.8) is 0 Å². The summed E-state index contributed by atoms with van der Waals surface area (Å²) in [5.41, 5.74) is 2.33. The first-order valence-electron chi connectivity index (χ1n) is 9.36. The topological polar surface area (TPSA) is 33.2 Å². The fraction of sp³-hybridized carbons (Fsp3) is 0.217. The first kappa shape index (κ1) is 18.3. The van der Waals surface area contributed by atoms with Crippen molar-refractivity contribution in [3.05, 3.63) is 83.7 Å². The Kier molecular flexibility index (Phi) is 5.15. The summed E-state index contributed by atoms with van der Waals surface area (Å²) in [5.74, 6) is -0.476. The maximum atomic E-state index is 13.9. The predicted octanol–water partition coefficient (Wildman–Crippen LogP) is 4.76. The highest BCUT2D eigenvalue weighted by atomic mass is 19.1. The average Bonchev–Trinajstić information content (AvgIpc) is 2.73. The zero-order chi connectivity index (χ0) is 19.5. The monoisotopic (exact) mass is 378 g/mol. The van der Waals surface area contributed by atoms with Crippen LogP contribution in [0.3, 0.4) is 0 Å². The summed E-state index contributed by atoms with van der Waals surface area (Å²) in [6.07, 6.45) is 4.94. The van der Waals surface area contributed by atoms with Crippen molar-refractivity contribution < 1.29 is 13.6 Å². The molecule has 1 aliphatic rings. The summed E-state index contributed by atoms with van der Waals surface area (Å²) in [7, 11) is 0. The number of carbonyl (C=O) groups is 1. The fourth-order valence-corrected chi connectivity index (χ4v) is 3.57. The third-order valence-electron chi connectivity index (χ3n) is 5.14. The second-order valence-corrected chi connectivity index (χ2v) is 6.94. The zero-order valence-electron chi connectivity index (χ0n) is 15.4. The van der Waals surface area contributed by atoms with Gasteiger partial charge in [-0.2, -0.15) is 0 Å². The van der Waals surface area contributed by atoms with Gasteiger partial charge in [0.1, 0.15) is 11.6 Å². The van der Waals surface area contributed by atoms with Gasteiger partial charge in [-0.05, 0) is 42.0 Å². The van der Waals surface area contributed by atoms with Gasteiger partial charge in [0.05, 0.1) is 0 Å². The number of hydrogen-bond donors (Lipinski definition) is 0. The maximum Gasteiger partial charge on any atom is 0.223 e. The van der Waals surface area contributed by atoms with Gasteiger partial charge in [0, 0.05) is 42.4 Å². The van der Waals surface area contributed by atoms with Crippen LogP contribution in [0.2, 0.25) is 0 Å². The van der Waals surface area contributed by atoms with Crippen LogP contribution in [-0.4, -0.2) is 28.9 Å². The number of carbonyl (C=O) groups excluding carboxylic acids is 1. The molecule has 3 aromatic rings. The van der Waals surface area contributed by atoms with Crippen LogP contribution >= 0.6 is 0 Å². The molecule has 142 valence electrons. The highest BCUT2D eigenvalue weighted by Crippen LogP contribution is 2.25. The molecule has 5 heteroatoms. The normalized spacial score (nSPS) is 14.2. The van der Waals surface area contributed by atoms with Gasteiger partial charge >= 0.3 is 0 Å². The van der Waals surface area contributed by atoms with E-state index in [1.165, 1.54) is 18.3 Å². The van der Waals surface area contributed by atoms with Crippen LogP contribution < -0.4 is 0 Å². The second kappa shape index (κ2) is 7.89. The quantitative estimate of drug-likeness (QED) is 0.656. The highest BCUT2D eigenvalue weighted by molar-refractivity contribution is 5.83. The van der Waals surface area contributed by atoms with Crippen LogP contribution in [0.4, 0.5) is 8.78 Å². The van der Waals surface area contributed by atoms with Crippen molar-refractivity contribution in [2.45, 2.75) is 19.3 Å². The molecule has 0 radical (unpaired) electrons. The Hall–Kier alpha value is -3.08. The summed E-state index contributed by atoms with van der Waals surface area (Å²) in [4.78, 5) is 18.6. The van der Waals surface area contributed by atoms with Crippen LogP contribution in [0.15, 0.2) is 60.8 Å². The molecule has 0 fully saturated rings. The SMILES string of the molecule is O=C(CCc1cc2cccc(F)c2cn1)N1CC=C(c2ccccc2F)CC1. The van der Waals surface area contributed by atoms with Crippen molar-refractivity contribution in [3.8, 4) is 0 Å². The van der Waals surface area contributed by atoms with E-state index in [9.17, 15) is 13.6 Å². The van der Waals surface area contributed by atoms with Gasteiger partial charge in [-0.1, -0.05) is 36.4 Å². The summed E-state index contributed by atoms with van der Waals surface area (Å²) in [6.45, 7) is 1.06. The molecule has 2 heterocycles. The van der Waals surface area contributed by atoms with E-state index in [2.05, 4.69) is 4.98 Å². The molecule has 1 amide bonds. The van der Waals surface area contributed by atoms with Crippen molar-refractivity contribution in [2.24, 2.45) is 0 Å². The van der Waals surface area contributed by atoms with Gasteiger partial charge in [0.2, 0.25) is 5.91 Å². The number of hydrogen-bond acceptors (Lipinski definition) is 2. The number of benzene rings is 2. The molecule has 0 bridgehead atoms. The Morgan fingerprint density at radius 1 is 1.07 bits per heavy atom. The molecule has 0 atom stereocenters. The van der Waals surface area contributed by atoms with E-state index in [1.807, 2.05) is 24.3 Å². The molecule has 3 nitrogen and oxygen atoms in total. The number of pyridine rings is 1. The smallest absolute Gasteiger partial charge is 0.223 e. The molecule has 0 aliphatic carbocycles. The van der Waals surface area contributed by atoms with Crippen molar-refractivity contribution in [1.82, 2.24) is 9.88 Å². The van der Waals surface area contributed by atoms with Gasteiger partial charge in [0.25, 0.3) is 0 Å². The number of fused-ring (bicyclic) bond motifs is 1. The summed E-state index contributed by atoms with van der Waals surface area (Å²) in [5, 5.41) is 1.27. The van der Waals surface area contributed by atoms with E-state index in [0.29, 0.717) is 43.3 Å². The maximum absolute atomic E-state index is 13.9. The van der Waals surface area contributed by atoms with Crippen LogP contribution in [0, 0.1) is 11.6 Å². The zero-order valence-corrected chi connectivity index (χ0v) is 15.4. The number of aryl methyl sites for hydroxylation is 1. The second-order valence-electron chi connectivity index (χ2n) is 6.94. The van der Waals surface area contributed by atoms with Crippen molar-refractivity contribution in [1.29, 1.82) is 0 Å². The fourth-order valence-electron chi connectivity index (χ4n) is 3.57. The third-order valence-corrected chi connectivity index (χ3v) is 5.14. The molecule has 4 rings (SSSR count). The number of aromatic nitrogens is 1.